The molecule has 0 atom stereocenters. The van der Waals surface area contributed by atoms with Gasteiger partial charge in [-0.1, -0.05) is 63.6 Å². The number of ketones is 1. The SMILES string of the molecule is C1CCCCC1.CCN1CCN(c2ccccc2)CC1.COCC(C)=O. The molecule has 0 amide bonds. The maximum atomic E-state index is 9.92. The Balaban J connectivity index is 0.000000234. The van der Waals surface area contributed by atoms with Crippen molar-refractivity contribution < 1.29 is 9.53 Å². The molecule has 1 aromatic rings. The summed E-state index contributed by atoms with van der Waals surface area (Å²) in [6.45, 7) is 9.87. The van der Waals surface area contributed by atoms with Gasteiger partial charge in [0.05, 0.1) is 0 Å². The second-order valence-electron chi connectivity index (χ2n) is 7.01. The van der Waals surface area contributed by atoms with Gasteiger partial charge < -0.3 is 14.5 Å². The fourth-order valence-corrected chi connectivity index (χ4v) is 3.23. The molecule has 2 fully saturated rings. The molecule has 4 nitrogen and oxygen atoms in total. The lowest BCUT2D eigenvalue weighted by molar-refractivity contribution is -0.120. The molecule has 0 radical (unpaired) electrons. The number of carbonyl (C=O) groups excluding carboxylic acids is 1. The first-order valence-corrected chi connectivity index (χ1v) is 10.2. The highest BCUT2D eigenvalue weighted by molar-refractivity contribution is 5.76. The highest BCUT2D eigenvalue weighted by Gasteiger charge is 2.14. The zero-order valence-corrected chi connectivity index (χ0v) is 17.1. The summed E-state index contributed by atoms with van der Waals surface area (Å²) in [6, 6.07) is 10.7. The van der Waals surface area contributed by atoms with Crippen molar-refractivity contribution in [2.45, 2.75) is 52.4 Å². The van der Waals surface area contributed by atoms with Crippen molar-refractivity contribution in [2.24, 2.45) is 0 Å². The smallest absolute Gasteiger partial charge is 0.155 e. The molecular weight excluding hydrogens is 324 g/mol. The van der Waals surface area contributed by atoms with E-state index in [1.54, 1.807) is 0 Å². The van der Waals surface area contributed by atoms with Crippen LogP contribution < -0.4 is 4.90 Å². The lowest BCUT2D eigenvalue weighted by atomic mass is 10.0. The van der Waals surface area contributed by atoms with Gasteiger partial charge in [0.15, 0.2) is 5.78 Å². The maximum absolute atomic E-state index is 9.92. The Hall–Kier alpha value is -1.39. The second-order valence-corrected chi connectivity index (χ2v) is 7.01. The molecule has 1 aliphatic heterocycles. The summed E-state index contributed by atoms with van der Waals surface area (Å²) < 4.78 is 4.45. The third-order valence-corrected chi connectivity index (χ3v) is 4.79. The Morgan fingerprint density at radius 2 is 1.42 bits per heavy atom. The largest absolute Gasteiger partial charge is 0.377 e. The number of rotatable bonds is 4. The van der Waals surface area contributed by atoms with Gasteiger partial charge in [-0.05, 0) is 25.6 Å². The number of Topliss-reactive ketones (excluding diaryl/α,β-unsaturated/α-hetero) is 1. The van der Waals surface area contributed by atoms with E-state index in [1.165, 1.54) is 77.9 Å². The summed E-state index contributed by atoms with van der Waals surface area (Å²) in [6.07, 6.45) is 9.00. The standard InChI is InChI=1S/C12H18N2.C6H12.C4H8O2/c1-2-13-8-10-14(11-9-13)12-6-4-3-5-7-12;1-2-4-6-5-3-1;1-4(5)3-6-2/h3-7H,2,8-11H2,1H3;1-6H2;3H2,1-2H3. The number of nitrogens with zero attached hydrogens (tertiary/aromatic N) is 2. The minimum Gasteiger partial charge on any atom is -0.377 e. The Kier molecular flexibility index (Phi) is 12.8. The molecule has 26 heavy (non-hydrogen) atoms. The van der Waals surface area contributed by atoms with E-state index in [0.29, 0.717) is 0 Å². The van der Waals surface area contributed by atoms with E-state index in [9.17, 15) is 4.79 Å². The lowest BCUT2D eigenvalue weighted by Crippen LogP contribution is -2.46. The van der Waals surface area contributed by atoms with Crippen LogP contribution in [-0.4, -0.2) is 57.1 Å². The molecule has 0 aromatic heterocycles. The van der Waals surface area contributed by atoms with Crippen LogP contribution in [0.5, 0.6) is 0 Å². The van der Waals surface area contributed by atoms with Gasteiger partial charge >= 0.3 is 0 Å². The van der Waals surface area contributed by atoms with Gasteiger partial charge in [-0.15, -0.1) is 0 Å². The Morgan fingerprint density at radius 1 is 0.923 bits per heavy atom. The Bertz CT molecular complexity index is 441. The molecular formula is C22H38N2O2. The lowest BCUT2D eigenvalue weighted by Gasteiger charge is -2.35. The molecule has 0 unspecified atom stereocenters. The van der Waals surface area contributed by atoms with E-state index >= 15 is 0 Å². The number of likely N-dealkylation sites (N-methyl/N-ethyl adjacent to an activating group) is 1. The van der Waals surface area contributed by atoms with Crippen LogP contribution in [0.15, 0.2) is 30.3 Å². The second kappa shape index (κ2) is 14.7. The zero-order valence-electron chi connectivity index (χ0n) is 17.1. The van der Waals surface area contributed by atoms with Crippen LogP contribution in [0.25, 0.3) is 0 Å². The third-order valence-electron chi connectivity index (χ3n) is 4.79. The predicted molar refractivity (Wildman–Crippen MR) is 111 cm³/mol. The van der Waals surface area contributed by atoms with E-state index in [4.69, 9.17) is 0 Å². The zero-order chi connectivity index (χ0) is 19.0. The molecule has 0 spiro atoms. The average molecular weight is 363 g/mol. The molecule has 4 heteroatoms. The summed E-state index contributed by atoms with van der Waals surface area (Å²) in [5.74, 6) is 0.0671. The minimum absolute atomic E-state index is 0.0671. The number of para-hydroxylation sites is 1. The topological polar surface area (TPSA) is 32.8 Å². The summed E-state index contributed by atoms with van der Waals surface area (Å²) >= 11 is 0. The van der Waals surface area contributed by atoms with Crippen molar-refractivity contribution in [3.8, 4) is 0 Å². The summed E-state index contributed by atoms with van der Waals surface area (Å²) in [5.41, 5.74) is 1.36. The van der Waals surface area contributed by atoms with Crippen molar-refractivity contribution in [1.29, 1.82) is 0 Å². The van der Waals surface area contributed by atoms with Crippen LogP contribution in [0.1, 0.15) is 52.4 Å². The van der Waals surface area contributed by atoms with Gasteiger partial charge in [-0.25, -0.2) is 0 Å². The summed E-state index contributed by atoms with van der Waals surface area (Å²) in [5, 5.41) is 0. The van der Waals surface area contributed by atoms with Gasteiger partial charge in [0.25, 0.3) is 0 Å². The average Bonchev–Trinajstić information content (AvgIpc) is 2.71. The molecule has 1 saturated carbocycles. The molecule has 148 valence electrons. The summed E-state index contributed by atoms with van der Waals surface area (Å²) in [4.78, 5) is 14.9. The van der Waals surface area contributed by atoms with Gasteiger partial charge in [0.1, 0.15) is 6.61 Å². The van der Waals surface area contributed by atoms with Crippen LogP contribution in [0.4, 0.5) is 5.69 Å². The number of hydrogen-bond acceptors (Lipinski definition) is 4. The van der Waals surface area contributed by atoms with E-state index < -0.39 is 0 Å². The van der Waals surface area contributed by atoms with Crippen LogP contribution in [-0.2, 0) is 9.53 Å². The molecule has 3 rings (SSSR count). The van der Waals surface area contributed by atoms with Gasteiger partial charge in [-0.3, -0.25) is 4.79 Å². The van der Waals surface area contributed by atoms with Crippen molar-refractivity contribution >= 4 is 11.5 Å². The fraction of sp³-hybridized carbons (Fsp3) is 0.682. The molecule has 1 aromatic carbocycles. The molecule has 1 saturated heterocycles. The molecule has 1 heterocycles. The number of carbonyl (C=O) groups is 1. The fourth-order valence-electron chi connectivity index (χ4n) is 3.23. The number of hydrogen-bond donors (Lipinski definition) is 0. The number of ether oxygens (including phenoxy) is 1. The van der Waals surface area contributed by atoms with Crippen molar-refractivity contribution in [1.82, 2.24) is 4.90 Å². The first kappa shape index (κ1) is 22.7. The highest BCUT2D eigenvalue weighted by Crippen LogP contribution is 2.15. The maximum Gasteiger partial charge on any atom is 0.155 e. The minimum atomic E-state index is 0.0671. The van der Waals surface area contributed by atoms with Crippen LogP contribution in [0.3, 0.4) is 0 Å². The molecule has 1 aliphatic carbocycles. The Labute approximate surface area is 160 Å². The quantitative estimate of drug-likeness (QED) is 0.795. The van der Waals surface area contributed by atoms with Crippen molar-refractivity contribution in [3.63, 3.8) is 0 Å². The number of benzene rings is 1. The Morgan fingerprint density at radius 3 is 1.77 bits per heavy atom. The molecule has 2 aliphatic rings. The first-order chi connectivity index (χ1) is 12.7. The van der Waals surface area contributed by atoms with Crippen LogP contribution in [0.2, 0.25) is 0 Å². The van der Waals surface area contributed by atoms with Gasteiger partial charge in [0, 0.05) is 39.0 Å². The number of methoxy groups -OCH3 is 1. The normalized spacial score (nSPS) is 17.4. The van der Waals surface area contributed by atoms with Crippen molar-refractivity contribution in [3.05, 3.63) is 30.3 Å². The van der Waals surface area contributed by atoms with Gasteiger partial charge in [-0.2, -0.15) is 0 Å². The van der Waals surface area contributed by atoms with E-state index in [0.717, 1.165) is 13.1 Å². The highest BCUT2D eigenvalue weighted by atomic mass is 16.5. The van der Waals surface area contributed by atoms with E-state index in [1.807, 2.05) is 0 Å². The third kappa shape index (κ3) is 10.6. The van der Waals surface area contributed by atoms with Gasteiger partial charge in [0.2, 0.25) is 0 Å². The van der Waals surface area contributed by atoms with Crippen LogP contribution >= 0.6 is 0 Å². The molecule has 0 N–H and O–H groups in total. The first-order valence-electron chi connectivity index (χ1n) is 10.2. The number of anilines is 1. The van der Waals surface area contributed by atoms with E-state index in [2.05, 4.69) is 51.8 Å². The number of piperazine rings is 1. The van der Waals surface area contributed by atoms with E-state index in [-0.39, 0.29) is 12.4 Å². The molecule has 0 bridgehead atoms. The monoisotopic (exact) mass is 362 g/mol. The van der Waals surface area contributed by atoms with Crippen molar-refractivity contribution in [2.75, 3.05) is 51.3 Å². The van der Waals surface area contributed by atoms with Crippen LogP contribution in [0, 0.1) is 0 Å². The predicted octanol–water partition coefficient (Wildman–Crippen LogP) is 4.39. The summed E-state index contributed by atoms with van der Waals surface area (Å²) in [7, 11) is 1.50.